The summed E-state index contributed by atoms with van der Waals surface area (Å²) in [6.45, 7) is 4.65. The topological polar surface area (TPSA) is 32.8 Å². The van der Waals surface area contributed by atoms with Gasteiger partial charge in [-0.25, -0.2) is 0 Å². The van der Waals surface area contributed by atoms with Crippen LogP contribution in [0.3, 0.4) is 0 Å². The van der Waals surface area contributed by atoms with Gasteiger partial charge in [0.2, 0.25) is 5.91 Å². The summed E-state index contributed by atoms with van der Waals surface area (Å²) in [5.74, 6) is 1.83. The number of nitrogens with zero attached hydrogens (tertiary/aromatic N) is 2. The van der Waals surface area contributed by atoms with Crippen molar-refractivity contribution in [1.82, 2.24) is 9.80 Å². The lowest BCUT2D eigenvalue weighted by Gasteiger charge is -2.34. The monoisotopic (exact) mass is 378 g/mol. The number of amides is 1. The maximum absolute atomic E-state index is 13.2. The van der Waals surface area contributed by atoms with Crippen LogP contribution in [0.1, 0.15) is 36.3 Å². The first-order valence-corrected chi connectivity index (χ1v) is 10.4. The number of benzene rings is 2. The van der Waals surface area contributed by atoms with Crippen molar-refractivity contribution >= 4 is 5.91 Å². The van der Waals surface area contributed by atoms with Crippen molar-refractivity contribution in [3.05, 3.63) is 65.7 Å². The minimum absolute atomic E-state index is 0.145. The number of piperidine rings is 1. The SMILES string of the molecule is COc1ccc(C2CCN(C(=O)C3CCCN(Cc4ccccc4)C3)C2)cc1. The molecule has 148 valence electrons. The van der Waals surface area contributed by atoms with Crippen LogP contribution in [0.5, 0.6) is 5.75 Å². The van der Waals surface area contributed by atoms with Crippen molar-refractivity contribution < 1.29 is 9.53 Å². The lowest BCUT2D eigenvalue weighted by atomic mass is 9.95. The molecule has 2 aliphatic heterocycles. The molecule has 2 aromatic carbocycles. The number of likely N-dealkylation sites (tertiary alicyclic amines) is 2. The van der Waals surface area contributed by atoms with Gasteiger partial charge in [0.25, 0.3) is 0 Å². The Labute approximate surface area is 168 Å². The van der Waals surface area contributed by atoms with E-state index >= 15 is 0 Å². The van der Waals surface area contributed by atoms with Crippen LogP contribution in [0.15, 0.2) is 54.6 Å². The maximum Gasteiger partial charge on any atom is 0.226 e. The van der Waals surface area contributed by atoms with Gasteiger partial charge >= 0.3 is 0 Å². The Morgan fingerprint density at radius 1 is 1.00 bits per heavy atom. The van der Waals surface area contributed by atoms with Crippen molar-refractivity contribution in [3.63, 3.8) is 0 Å². The van der Waals surface area contributed by atoms with E-state index < -0.39 is 0 Å². The molecule has 2 aliphatic rings. The zero-order valence-corrected chi connectivity index (χ0v) is 16.7. The summed E-state index contributed by atoms with van der Waals surface area (Å²) in [7, 11) is 1.69. The van der Waals surface area contributed by atoms with Crippen LogP contribution in [-0.2, 0) is 11.3 Å². The predicted octanol–water partition coefficient (Wildman–Crippen LogP) is 3.92. The van der Waals surface area contributed by atoms with Crippen LogP contribution in [0, 0.1) is 5.92 Å². The van der Waals surface area contributed by atoms with Gasteiger partial charge < -0.3 is 9.64 Å². The highest BCUT2D eigenvalue weighted by Crippen LogP contribution is 2.30. The lowest BCUT2D eigenvalue weighted by Crippen LogP contribution is -2.43. The van der Waals surface area contributed by atoms with E-state index in [1.165, 1.54) is 11.1 Å². The second-order valence-corrected chi connectivity index (χ2v) is 8.10. The molecule has 0 N–H and O–H groups in total. The second kappa shape index (κ2) is 8.78. The summed E-state index contributed by atoms with van der Waals surface area (Å²) in [5.41, 5.74) is 2.64. The summed E-state index contributed by atoms with van der Waals surface area (Å²) >= 11 is 0. The fourth-order valence-corrected chi connectivity index (χ4v) is 4.61. The number of rotatable bonds is 5. The van der Waals surface area contributed by atoms with Crippen molar-refractivity contribution in [1.29, 1.82) is 0 Å². The molecule has 4 nitrogen and oxygen atoms in total. The molecule has 0 bridgehead atoms. The molecule has 0 radical (unpaired) electrons. The van der Waals surface area contributed by atoms with Crippen LogP contribution in [0.25, 0.3) is 0 Å². The first kappa shape index (κ1) is 19.0. The fraction of sp³-hybridized carbons (Fsp3) is 0.458. The van der Waals surface area contributed by atoms with Crippen LogP contribution in [0.4, 0.5) is 0 Å². The number of carbonyl (C=O) groups excluding carboxylic acids is 1. The largest absolute Gasteiger partial charge is 0.497 e. The zero-order chi connectivity index (χ0) is 19.3. The molecule has 28 heavy (non-hydrogen) atoms. The first-order chi connectivity index (χ1) is 13.7. The Hall–Kier alpha value is -2.33. The Balaban J connectivity index is 1.33. The second-order valence-electron chi connectivity index (χ2n) is 8.10. The van der Waals surface area contributed by atoms with E-state index in [9.17, 15) is 4.79 Å². The standard InChI is InChI=1S/C24H30N2O2/c1-28-23-11-9-20(10-12-23)21-13-15-26(18-21)24(27)22-8-5-14-25(17-22)16-19-6-3-2-4-7-19/h2-4,6-7,9-12,21-22H,5,8,13-18H2,1H3. The van der Waals surface area contributed by atoms with Gasteiger partial charge in [-0.05, 0) is 49.1 Å². The van der Waals surface area contributed by atoms with Crippen LogP contribution < -0.4 is 4.74 Å². The average molecular weight is 379 g/mol. The molecule has 0 spiro atoms. The number of carbonyl (C=O) groups is 1. The highest BCUT2D eigenvalue weighted by atomic mass is 16.5. The molecule has 2 heterocycles. The number of hydrogen-bond donors (Lipinski definition) is 0. The quantitative estimate of drug-likeness (QED) is 0.790. The molecule has 1 amide bonds. The fourth-order valence-electron chi connectivity index (χ4n) is 4.61. The van der Waals surface area contributed by atoms with Crippen molar-refractivity contribution in [2.45, 2.75) is 31.7 Å². The Bertz CT molecular complexity index is 775. The Kier molecular flexibility index (Phi) is 5.96. The zero-order valence-electron chi connectivity index (χ0n) is 16.7. The highest BCUT2D eigenvalue weighted by Gasteiger charge is 2.33. The average Bonchev–Trinajstić information content (AvgIpc) is 3.24. The summed E-state index contributed by atoms with van der Waals surface area (Å²) < 4.78 is 5.25. The lowest BCUT2D eigenvalue weighted by molar-refractivity contribution is -0.136. The molecule has 2 fully saturated rings. The van der Waals surface area contributed by atoms with Gasteiger partial charge in [0.15, 0.2) is 0 Å². The molecule has 0 saturated carbocycles. The number of methoxy groups -OCH3 is 1. The highest BCUT2D eigenvalue weighted by molar-refractivity contribution is 5.79. The number of ether oxygens (including phenoxy) is 1. The van der Waals surface area contributed by atoms with Gasteiger partial charge in [-0.2, -0.15) is 0 Å². The van der Waals surface area contributed by atoms with Crippen LogP contribution in [0.2, 0.25) is 0 Å². The Morgan fingerprint density at radius 2 is 1.79 bits per heavy atom. The van der Waals surface area contributed by atoms with E-state index in [2.05, 4.69) is 52.3 Å². The third kappa shape index (κ3) is 4.39. The molecule has 4 rings (SSSR count). The van der Waals surface area contributed by atoms with Gasteiger partial charge in [-0.15, -0.1) is 0 Å². The minimum atomic E-state index is 0.145. The molecular weight excluding hydrogens is 348 g/mol. The van der Waals surface area contributed by atoms with Gasteiger partial charge in [0.05, 0.1) is 13.0 Å². The predicted molar refractivity (Wildman–Crippen MR) is 111 cm³/mol. The van der Waals surface area contributed by atoms with E-state index in [0.717, 1.165) is 57.7 Å². The van der Waals surface area contributed by atoms with Crippen molar-refractivity contribution in [3.8, 4) is 5.75 Å². The molecule has 0 aromatic heterocycles. The molecule has 2 saturated heterocycles. The van der Waals surface area contributed by atoms with Crippen LogP contribution >= 0.6 is 0 Å². The normalized spacial score (nSPS) is 23.0. The molecule has 4 heteroatoms. The molecular formula is C24H30N2O2. The summed E-state index contributed by atoms with van der Waals surface area (Å²) in [6, 6.07) is 18.9. The molecule has 2 atom stereocenters. The minimum Gasteiger partial charge on any atom is -0.497 e. The van der Waals surface area contributed by atoms with Crippen molar-refractivity contribution in [2.24, 2.45) is 5.92 Å². The van der Waals surface area contributed by atoms with E-state index in [1.807, 2.05) is 12.1 Å². The molecule has 2 aromatic rings. The van der Waals surface area contributed by atoms with Crippen molar-refractivity contribution in [2.75, 3.05) is 33.3 Å². The molecule has 2 unspecified atom stereocenters. The van der Waals surface area contributed by atoms with Gasteiger partial charge in [-0.3, -0.25) is 9.69 Å². The first-order valence-electron chi connectivity index (χ1n) is 10.4. The third-order valence-electron chi connectivity index (χ3n) is 6.19. The summed E-state index contributed by atoms with van der Waals surface area (Å²) in [4.78, 5) is 17.7. The summed E-state index contributed by atoms with van der Waals surface area (Å²) in [6.07, 6.45) is 3.19. The smallest absolute Gasteiger partial charge is 0.226 e. The molecule has 0 aliphatic carbocycles. The summed E-state index contributed by atoms with van der Waals surface area (Å²) in [5, 5.41) is 0. The third-order valence-corrected chi connectivity index (χ3v) is 6.19. The number of hydrogen-bond acceptors (Lipinski definition) is 3. The van der Waals surface area contributed by atoms with Gasteiger partial charge in [-0.1, -0.05) is 42.5 Å². The Morgan fingerprint density at radius 3 is 2.54 bits per heavy atom. The van der Waals surface area contributed by atoms with Crippen LogP contribution in [-0.4, -0.2) is 49.0 Å². The van der Waals surface area contributed by atoms with Gasteiger partial charge in [0.1, 0.15) is 5.75 Å². The van der Waals surface area contributed by atoms with E-state index in [4.69, 9.17) is 4.74 Å². The maximum atomic E-state index is 13.2. The van der Waals surface area contributed by atoms with E-state index in [-0.39, 0.29) is 5.92 Å². The van der Waals surface area contributed by atoms with E-state index in [1.54, 1.807) is 7.11 Å². The van der Waals surface area contributed by atoms with E-state index in [0.29, 0.717) is 11.8 Å². The van der Waals surface area contributed by atoms with Gasteiger partial charge in [0, 0.05) is 32.1 Å².